The molecule has 0 aliphatic carbocycles. The number of aryl methyl sites for hydroxylation is 1. The molecular formula is C34H34F5N5O5. The maximum atomic E-state index is 15.3. The Morgan fingerprint density at radius 1 is 1.16 bits per heavy atom. The summed E-state index contributed by atoms with van der Waals surface area (Å²) < 4.78 is 82.6. The first-order valence-corrected chi connectivity index (χ1v) is 15.2. The first kappa shape index (κ1) is 35.3. The van der Waals surface area contributed by atoms with Crippen LogP contribution in [-0.4, -0.2) is 80.7 Å². The average molecular weight is 688 g/mol. The van der Waals surface area contributed by atoms with E-state index >= 15 is 8.78 Å². The van der Waals surface area contributed by atoms with Gasteiger partial charge in [-0.15, -0.1) is 0 Å². The SMILES string of the molecule is COC(=O)[C@H](Cc1ccc(-c2c(C)c(N(C)C)cn(C)c2=O)c2ncccc12)NC(=O)c1c(F)cc(N2CCOC[C@@H]2C(F)(F)F)cc1F. The van der Waals surface area contributed by atoms with Gasteiger partial charge in [0.15, 0.2) is 0 Å². The van der Waals surface area contributed by atoms with Gasteiger partial charge in [0.1, 0.15) is 29.3 Å². The second-order valence-electron chi connectivity index (χ2n) is 11.9. The molecule has 260 valence electrons. The zero-order valence-electron chi connectivity index (χ0n) is 27.3. The van der Waals surface area contributed by atoms with Gasteiger partial charge in [-0.05, 0) is 36.2 Å². The normalized spacial score (nSPS) is 15.6. The van der Waals surface area contributed by atoms with Crippen LogP contribution in [0.1, 0.15) is 21.5 Å². The van der Waals surface area contributed by atoms with Crippen molar-refractivity contribution in [2.45, 2.75) is 31.6 Å². The molecule has 1 saturated heterocycles. The van der Waals surface area contributed by atoms with Crippen LogP contribution in [0.2, 0.25) is 0 Å². The second-order valence-corrected chi connectivity index (χ2v) is 11.9. The number of rotatable bonds is 8. The molecule has 2 aromatic carbocycles. The maximum absolute atomic E-state index is 15.3. The Morgan fingerprint density at radius 2 is 1.86 bits per heavy atom. The fourth-order valence-electron chi connectivity index (χ4n) is 6.10. The zero-order chi connectivity index (χ0) is 35.8. The van der Waals surface area contributed by atoms with E-state index in [4.69, 9.17) is 9.47 Å². The van der Waals surface area contributed by atoms with Crippen LogP contribution in [0.3, 0.4) is 0 Å². The Balaban J connectivity index is 1.49. The Bertz CT molecular complexity index is 1960. The number of hydrogen-bond donors (Lipinski definition) is 1. The molecular weight excluding hydrogens is 653 g/mol. The van der Waals surface area contributed by atoms with Gasteiger partial charge >= 0.3 is 12.1 Å². The van der Waals surface area contributed by atoms with Crippen LogP contribution in [0.25, 0.3) is 22.0 Å². The number of hydrogen-bond acceptors (Lipinski definition) is 8. The molecule has 49 heavy (non-hydrogen) atoms. The summed E-state index contributed by atoms with van der Waals surface area (Å²) in [6.45, 7) is 0.732. The van der Waals surface area contributed by atoms with Crippen molar-refractivity contribution in [3.05, 3.63) is 87.5 Å². The summed E-state index contributed by atoms with van der Waals surface area (Å²) in [5, 5.41) is 2.86. The van der Waals surface area contributed by atoms with Gasteiger partial charge < -0.3 is 29.2 Å². The van der Waals surface area contributed by atoms with Crippen molar-refractivity contribution in [2.75, 3.05) is 50.8 Å². The van der Waals surface area contributed by atoms with Crippen LogP contribution < -0.4 is 20.7 Å². The summed E-state index contributed by atoms with van der Waals surface area (Å²) in [5.41, 5.74) is 1.71. The predicted molar refractivity (Wildman–Crippen MR) is 173 cm³/mol. The van der Waals surface area contributed by atoms with E-state index in [2.05, 4.69) is 10.3 Å². The minimum absolute atomic E-state index is 0.0945. The van der Waals surface area contributed by atoms with Gasteiger partial charge in [-0.2, -0.15) is 13.2 Å². The van der Waals surface area contributed by atoms with Crippen molar-refractivity contribution >= 4 is 34.2 Å². The number of aromatic nitrogens is 2. The average Bonchev–Trinajstić information content (AvgIpc) is 3.05. The van der Waals surface area contributed by atoms with Crippen molar-refractivity contribution in [3.8, 4) is 11.1 Å². The van der Waals surface area contributed by atoms with Gasteiger partial charge in [0.2, 0.25) is 0 Å². The second kappa shape index (κ2) is 13.8. The highest BCUT2D eigenvalue weighted by atomic mass is 19.4. The van der Waals surface area contributed by atoms with Crippen molar-refractivity contribution < 1.29 is 41.0 Å². The number of nitrogens with one attached hydrogen (secondary N) is 1. The molecule has 1 aliphatic rings. The molecule has 2 aromatic heterocycles. The van der Waals surface area contributed by atoms with E-state index in [0.717, 1.165) is 23.3 Å². The van der Waals surface area contributed by atoms with E-state index < -0.39 is 59.6 Å². The number of amides is 1. The number of halogens is 5. The molecule has 0 radical (unpaired) electrons. The van der Waals surface area contributed by atoms with Gasteiger partial charge in [-0.25, -0.2) is 13.6 Å². The highest BCUT2D eigenvalue weighted by molar-refractivity contribution is 5.99. The molecule has 0 unspecified atom stereocenters. The quantitative estimate of drug-likeness (QED) is 0.213. The van der Waals surface area contributed by atoms with E-state index in [0.29, 0.717) is 39.7 Å². The Hall–Kier alpha value is -5.05. The minimum atomic E-state index is -4.74. The molecule has 15 heteroatoms. The molecule has 4 aromatic rings. The fourth-order valence-corrected chi connectivity index (χ4v) is 6.10. The molecule has 1 fully saturated rings. The third-order valence-corrected chi connectivity index (χ3v) is 8.53. The number of fused-ring (bicyclic) bond motifs is 1. The third-order valence-electron chi connectivity index (χ3n) is 8.53. The monoisotopic (exact) mass is 687 g/mol. The summed E-state index contributed by atoms with van der Waals surface area (Å²) >= 11 is 0. The first-order valence-electron chi connectivity index (χ1n) is 15.2. The number of alkyl halides is 3. The molecule has 10 nitrogen and oxygen atoms in total. The molecule has 0 spiro atoms. The number of ether oxygens (including phenoxy) is 2. The van der Waals surface area contributed by atoms with Crippen LogP contribution in [0, 0.1) is 18.6 Å². The van der Waals surface area contributed by atoms with E-state index in [1.54, 1.807) is 43.7 Å². The molecule has 1 aliphatic heterocycles. The fraction of sp³-hybridized carbons (Fsp3) is 0.353. The van der Waals surface area contributed by atoms with Crippen LogP contribution in [0.5, 0.6) is 0 Å². The first-order chi connectivity index (χ1) is 23.1. The molecule has 3 heterocycles. The summed E-state index contributed by atoms with van der Waals surface area (Å²) in [6.07, 6.45) is -1.65. The van der Waals surface area contributed by atoms with Gasteiger partial charge in [0.25, 0.3) is 11.5 Å². The van der Waals surface area contributed by atoms with E-state index in [1.165, 1.54) is 4.57 Å². The van der Waals surface area contributed by atoms with Crippen LogP contribution in [-0.2, 0) is 27.7 Å². The maximum Gasteiger partial charge on any atom is 0.411 e. The Labute approximate surface area is 278 Å². The number of carbonyl (C=O) groups is 2. The lowest BCUT2D eigenvalue weighted by Crippen LogP contribution is -2.53. The zero-order valence-corrected chi connectivity index (χ0v) is 27.3. The summed E-state index contributed by atoms with van der Waals surface area (Å²) in [5.74, 6) is -5.07. The van der Waals surface area contributed by atoms with Crippen LogP contribution in [0.15, 0.2) is 53.6 Å². The van der Waals surface area contributed by atoms with Crippen molar-refractivity contribution in [1.29, 1.82) is 0 Å². The van der Waals surface area contributed by atoms with Crippen LogP contribution in [0.4, 0.5) is 33.3 Å². The van der Waals surface area contributed by atoms with Gasteiger partial charge in [0, 0.05) is 63.1 Å². The van der Waals surface area contributed by atoms with Crippen LogP contribution >= 0.6 is 0 Å². The molecule has 0 saturated carbocycles. The summed E-state index contributed by atoms with van der Waals surface area (Å²) in [6, 6.07) is 4.45. The highest BCUT2D eigenvalue weighted by Gasteiger charge is 2.46. The Morgan fingerprint density at radius 3 is 2.49 bits per heavy atom. The number of methoxy groups -OCH3 is 1. The predicted octanol–water partition coefficient (Wildman–Crippen LogP) is 4.53. The van der Waals surface area contributed by atoms with Crippen molar-refractivity contribution in [1.82, 2.24) is 14.9 Å². The van der Waals surface area contributed by atoms with Gasteiger partial charge in [-0.1, -0.05) is 18.2 Å². The van der Waals surface area contributed by atoms with E-state index in [-0.39, 0.29) is 25.1 Å². The van der Waals surface area contributed by atoms with Crippen molar-refractivity contribution in [3.63, 3.8) is 0 Å². The largest absolute Gasteiger partial charge is 0.467 e. The molecule has 1 N–H and O–H groups in total. The number of carbonyl (C=O) groups excluding carboxylic acids is 2. The smallest absolute Gasteiger partial charge is 0.411 e. The number of esters is 1. The Kier molecular flexibility index (Phi) is 9.95. The highest BCUT2D eigenvalue weighted by Crippen LogP contribution is 2.34. The lowest BCUT2D eigenvalue weighted by molar-refractivity contribution is -0.167. The van der Waals surface area contributed by atoms with Crippen molar-refractivity contribution in [2.24, 2.45) is 7.05 Å². The summed E-state index contributed by atoms with van der Waals surface area (Å²) in [4.78, 5) is 46.7. The number of nitrogens with zero attached hydrogens (tertiary/aromatic N) is 4. The minimum Gasteiger partial charge on any atom is -0.467 e. The molecule has 2 atom stereocenters. The summed E-state index contributed by atoms with van der Waals surface area (Å²) in [7, 11) is 6.44. The molecule has 5 rings (SSSR count). The molecule has 0 bridgehead atoms. The lowest BCUT2D eigenvalue weighted by Gasteiger charge is -2.38. The number of benzene rings is 2. The number of anilines is 2. The van der Waals surface area contributed by atoms with E-state index in [9.17, 15) is 27.6 Å². The van der Waals surface area contributed by atoms with E-state index in [1.807, 2.05) is 25.9 Å². The molecule has 1 amide bonds. The number of pyridine rings is 2. The number of morpholine rings is 1. The lowest BCUT2D eigenvalue weighted by atomic mass is 9.93. The third kappa shape index (κ3) is 6.93. The van der Waals surface area contributed by atoms with Gasteiger partial charge in [-0.3, -0.25) is 14.6 Å². The standard InChI is InChI=1S/C34H34F5N5O5/c1-18-26(42(2)3)16-43(4)32(46)28(18)22-9-8-19(21-7-6-10-40-30(21)22)13-25(33(47)48-5)41-31(45)29-23(35)14-20(15-24(29)36)44-11-12-49-17-27(44)34(37,38)39/h6-10,14-16,25,27H,11-13,17H2,1-5H3,(H,41,45)/t25-,27+/m0/s1. The van der Waals surface area contributed by atoms with Gasteiger partial charge in [0.05, 0.1) is 37.1 Å². The topological polar surface area (TPSA) is 106 Å².